The number of aromatic nitrogens is 2. The van der Waals surface area contributed by atoms with Crippen molar-refractivity contribution in [3.8, 4) is 33.6 Å². The third-order valence-corrected chi connectivity index (χ3v) is 26.5. The van der Waals surface area contributed by atoms with Gasteiger partial charge in [-0.3, -0.25) is 0 Å². The highest BCUT2D eigenvalue weighted by Gasteiger charge is 2.64. The SMILES string of the molecule is Brc1ccc2c3c4ccccc4ccc3n(-c3ccc4c(c3)C(c3ccccc3)(c3ccccc3)c3ccccc3-4)c2c1.CC1(C)OB(B2OC(C)(C)C(C)(C)O2)OC1(C)C.CC1(C)OB(c2ccc3c4c5ccccc5ccc4n(-c4ccc5c(c4)C(c4ccccc4)(c4ccccc4)c4ccccc4-5)c3c2)OC1(C)C. The summed E-state index contributed by atoms with van der Waals surface area (Å²) in [6, 6.07) is 116. The van der Waals surface area contributed by atoms with Crippen LogP contribution in [0.4, 0.5) is 0 Å². The van der Waals surface area contributed by atoms with Gasteiger partial charge in [-0.15, -0.1) is 0 Å². The second-order valence-corrected chi connectivity index (χ2v) is 34.7. The molecule has 8 nitrogen and oxygen atoms in total. The van der Waals surface area contributed by atoms with Crippen molar-refractivity contribution in [1.29, 1.82) is 0 Å². The highest BCUT2D eigenvalue weighted by atomic mass is 79.9. The zero-order valence-electron chi connectivity index (χ0n) is 65.5. The Morgan fingerprint density at radius 1 is 0.259 bits per heavy atom. The van der Waals surface area contributed by atoms with Gasteiger partial charge >= 0.3 is 21.1 Å². The fourth-order valence-corrected chi connectivity index (χ4v) is 18.7. The van der Waals surface area contributed by atoms with E-state index in [0.29, 0.717) is 0 Å². The molecule has 112 heavy (non-hydrogen) atoms. The predicted octanol–water partition coefficient (Wildman–Crippen LogP) is 23.9. The Kier molecular flexibility index (Phi) is 16.9. The van der Waals surface area contributed by atoms with Gasteiger partial charge < -0.3 is 37.1 Å². The molecule has 5 heterocycles. The summed E-state index contributed by atoms with van der Waals surface area (Å²) >= 11 is 3.78. The first-order chi connectivity index (χ1) is 53.9. The van der Waals surface area contributed by atoms with E-state index in [1.807, 2.05) is 55.4 Å². The fraction of sp³-hybridized carbons (Fsp3) is 0.200. The third kappa shape index (κ3) is 11.0. The van der Waals surface area contributed by atoms with Crippen molar-refractivity contribution in [3.63, 3.8) is 0 Å². The van der Waals surface area contributed by atoms with E-state index in [1.54, 1.807) is 0 Å². The number of benzene rings is 14. The number of halogens is 1. The number of hydrogen-bond acceptors (Lipinski definition) is 6. The summed E-state index contributed by atoms with van der Waals surface area (Å²) in [7, 11) is -1.41. The lowest BCUT2D eigenvalue weighted by molar-refractivity contribution is 0.00578. The van der Waals surface area contributed by atoms with Gasteiger partial charge in [0.15, 0.2) is 0 Å². The van der Waals surface area contributed by atoms with Gasteiger partial charge in [0.2, 0.25) is 0 Å². The zero-order valence-corrected chi connectivity index (χ0v) is 67.1. The van der Waals surface area contributed by atoms with Crippen LogP contribution in [0.5, 0.6) is 0 Å². The molecule has 3 aliphatic heterocycles. The molecule has 0 radical (unpaired) electrons. The summed E-state index contributed by atoms with van der Waals surface area (Å²) < 4.78 is 43.0. The smallest absolute Gasteiger partial charge is 0.405 e. The van der Waals surface area contributed by atoms with Crippen molar-refractivity contribution in [2.45, 2.75) is 128 Å². The van der Waals surface area contributed by atoms with Crippen LogP contribution >= 0.6 is 15.9 Å². The van der Waals surface area contributed by atoms with Crippen LogP contribution in [0.1, 0.15) is 128 Å². The topological polar surface area (TPSA) is 65.2 Å². The van der Waals surface area contributed by atoms with E-state index in [0.717, 1.165) is 26.8 Å². The van der Waals surface area contributed by atoms with Crippen molar-refractivity contribution >= 4 is 108 Å². The highest BCUT2D eigenvalue weighted by molar-refractivity contribution is 9.10. The maximum absolute atomic E-state index is 6.58. The molecule has 0 unspecified atom stereocenters. The maximum atomic E-state index is 6.58. The number of hydrogen-bond donors (Lipinski definition) is 0. The van der Waals surface area contributed by atoms with Gasteiger partial charge in [-0.2, -0.15) is 0 Å². The molecular formula is C100H88B3BrN2O6. The fourth-order valence-electron chi connectivity index (χ4n) is 18.4. The van der Waals surface area contributed by atoms with E-state index < -0.39 is 43.2 Å². The Morgan fingerprint density at radius 3 is 0.991 bits per heavy atom. The van der Waals surface area contributed by atoms with Crippen LogP contribution in [-0.2, 0) is 38.8 Å². The van der Waals surface area contributed by atoms with Crippen LogP contribution in [-0.4, -0.2) is 63.9 Å². The van der Waals surface area contributed by atoms with Crippen LogP contribution < -0.4 is 5.46 Å². The Balaban J connectivity index is 0.000000125. The minimum atomic E-state index is -0.482. The van der Waals surface area contributed by atoms with E-state index in [9.17, 15) is 0 Å². The number of nitrogens with zero attached hydrogens (tertiary/aromatic N) is 2. The molecule has 16 aromatic rings. The summed E-state index contributed by atoms with van der Waals surface area (Å²) in [4.78, 5) is 0. The van der Waals surface area contributed by atoms with E-state index >= 15 is 0 Å². The van der Waals surface area contributed by atoms with Gasteiger partial charge in [0.25, 0.3) is 0 Å². The van der Waals surface area contributed by atoms with Gasteiger partial charge in [0.05, 0.1) is 66.5 Å². The minimum Gasteiger partial charge on any atom is -0.405 e. The average Bonchev–Trinajstić information content (AvgIpc) is 1.53. The number of fused-ring (bicyclic) bond motifs is 16. The van der Waals surface area contributed by atoms with Crippen LogP contribution in [0.3, 0.4) is 0 Å². The van der Waals surface area contributed by atoms with Crippen molar-refractivity contribution in [2.24, 2.45) is 0 Å². The predicted molar refractivity (Wildman–Crippen MR) is 467 cm³/mol. The van der Waals surface area contributed by atoms with E-state index in [4.69, 9.17) is 27.9 Å². The molecule has 0 N–H and O–H groups in total. The molecule has 0 atom stereocenters. The van der Waals surface area contributed by atoms with E-state index in [2.05, 4.69) is 368 Å². The summed E-state index contributed by atoms with van der Waals surface area (Å²) in [5.41, 5.74) is 20.3. The first kappa shape index (κ1) is 71.9. The molecule has 3 saturated heterocycles. The summed E-state index contributed by atoms with van der Waals surface area (Å²) in [6.07, 6.45) is 0. The van der Waals surface area contributed by atoms with Crippen LogP contribution in [0, 0.1) is 0 Å². The van der Waals surface area contributed by atoms with E-state index in [1.165, 1.54) is 126 Å². The Hall–Kier alpha value is -10.4. The lowest BCUT2D eigenvalue weighted by Gasteiger charge is -2.34. The van der Waals surface area contributed by atoms with Crippen molar-refractivity contribution < 1.29 is 27.9 Å². The quantitative estimate of drug-likeness (QED) is 0.141. The van der Waals surface area contributed by atoms with Gasteiger partial charge in [0.1, 0.15) is 0 Å². The molecule has 550 valence electrons. The van der Waals surface area contributed by atoms with Crippen LogP contribution in [0.15, 0.2) is 320 Å². The number of rotatable bonds is 8. The van der Waals surface area contributed by atoms with Gasteiger partial charge in [0, 0.05) is 37.4 Å². The minimum absolute atomic E-state index is 0.360. The normalized spacial score (nSPS) is 18.0. The van der Waals surface area contributed by atoms with Crippen LogP contribution in [0.25, 0.3) is 98.8 Å². The lowest BCUT2D eigenvalue weighted by atomic mass is 9.49. The van der Waals surface area contributed by atoms with Gasteiger partial charge in [-0.1, -0.05) is 277 Å². The summed E-state index contributed by atoms with van der Waals surface area (Å²) in [5.74, 6) is 0. The third-order valence-electron chi connectivity index (χ3n) is 26.0. The van der Waals surface area contributed by atoms with Crippen molar-refractivity contribution in [1.82, 2.24) is 9.13 Å². The Morgan fingerprint density at radius 2 is 0.589 bits per heavy atom. The highest BCUT2D eigenvalue weighted by Crippen LogP contribution is 2.59. The largest absolute Gasteiger partial charge is 0.494 e. The molecule has 3 fully saturated rings. The maximum Gasteiger partial charge on any atom is 0.494 e. The second-order valence-electron chi connectivity index (χ2n) is 33.8. The summed E-state index contributed by atoms with van der Waals surface area (Å²) in [6.45, 7) is 24.7. The van der Waals surface area contributed by atoms with Crippen molar-refractivity contribution in [3.05, 3.63) is 364 Å². The molecule has 2 aromatic heterocycles. The molecule has 0 amide bonds. The Bertz CT molecular complexity index is 6250. The molecule has 0 bridgehead atoms. The first-order valence-electron chi connectivity index (χ1n) is 39.3. The van der Waals surface area contributed by atoms with Crippen LogP contribution in [0.2, 0.25) is 0 Å². The molecule has 0 spiro atoms. The molecule has 12 heteroatoms. The zero-order chi connectivity index (χ0) is 77.1. The first-order valence-corrected chi connectivity index (χ1v) is 40.1. The van der Waals surface area contributed by atoms with Crippen molar-refractivity contribution in [2.75, 3.05) is 0 Å². The standard InChI is InChI=1S/C47H38BNO2.C41H26BrN.C12H24B2O4/c1-45(2)46(3,4)51-48(50-45)34-24-26-39-43(29-34)49(42-28-23-31-15-11-12-20-36(31)44(39)42)35-25-27-38-37-21-13-14-22-40(37)47(41(38)30-35,32-16-7-5-8-17-32)33-18-9-6-10-19-33;42-30-20-22-35-39(25-30)43(38-24-19-27-11-7-8-16-32(27)40(35)38)31-21-23-34-33-17-9-10-18-36(33)41(37(34)26-31,28-12-3-1-4-13-28)29-14-5-2-6-15-29;1-9(2)10(3,4)16-13(15-9)14-17-11(5,6)12(7,8)18-14/h5-30H,1-4H3;1-26H;1-8H3. The molecule has 5 aliphatic rings. The van der Waals surface area contributed by atoms with Gasteiger partial charge in [-0.25, -0.2) is 0 Å². The van der Waals surface area contributed by atoms with E-state index in [-0.39, 0.29) is 22.4 Å². The second kappa shape index (κ2) is 26.4. The molecule has 21 rings (SSSR count). The van der Waals surface area contributed by atoms with Gasteiger partial charge in [-0.05, 0) is 231 Å². The molecule has 14 aromatic carbocycles. The average molecular weight is 1530 g/mol. The molecule has 0 saturated carbocycles. The lowest BCUT2D eigenvalue weighted by Crippen LogP contribution is -2.41. The monoisotopic (exact) mass is 1520 g/mol. The molecule has 2 aliphatic carbocycles. The Labute approximate surface area is 665 Å². The summed E-state index contributed by atoms with van der Waals surface area (Å²) in [5, 5.41) is 10.0. The molecular weight excluding hydrogens is 1440 g/mol.